The third kappa shape index (κ3) is 2.22. The molecule has 0 N–H and O–H groups in total. The third-order valence-electron chi connectivity index (χ3n) is 1.65. The zero-order valence-corrected chi connectivity index (χ0v) is 7.82. The Bertz CT molecular complexity index is 94.3. The molecule has 1 heterocycles. The molecule has 1 saturated heterocycles. The Labute approximate surface area is 70.0 Å². The second-order valence-corrected chi connectivity index (χ2v) is 3.42. The van der Waals surface area contributed by atoms with Crippen LogP contribution in [0, 0.1) is 0 Å². The van der Waals surface area contributed by atoms with Gasteiger partial charge in [-0.1, -0.05) is 15.9 Å². The fraction of sp³-hybridized carbons (Fsp3) is 1.00. The molecule has 60 valence electrons. The van der Waals surface area contributed by atoms with Gasteiger partial charge in [-0.2, -0.15) is 0 Å². The lowest BCUT2D eigenvalue weighted by Gasteiger charge is -2.33. The third-order valence-corrected chi connectivity index (χ3v) is 2.05. The van der Waals surface area contributed by atoms with Crippen molar-refractivity contribution in [3.8, 4) is 0 Å². The molecule has 10 heavy (non-hydrogen) atoms. The minimum absolute atomic E-state index is 0.318. The molecular weight excluding hydrogens is 196 g/mol. The zero-order chi connectivity index (χ0) is 7.45. The molecule has 0 aromatic rings. The molecule has 3 heteroatoms. The van der Waals surface area contributed by atoms with E-state index in [1.54, 1.807) is 0 Å². The van der Waals surface area contributed by atoms with Crippen molar-refractivity contribution >= 4 is 15.9 Å². The number of rotatable bonds is 2. The highest BCUT2D eigenvalue weighted by molar-refractivity contribution is 9.09. The Morgan fingerprint density at radius 2 is 2.00 bits per heavy atom. The van der Waals surface area contributed by atoms with Crippen LogP contribution in [0.15, 0.2) is 0 Å². The quantitative estimate of drug-likeness (QED) is 0.647. The molecule has 0 amide bonds. The fourth-order valence-corrected chi connectivity index (χ4v) is 1.71. The highest BCUT2D eigenvalue weighted by Gasteiger charge is 2.27. The van der Waals surface area contributed by atoms with Gasteiger partial charge < -0.3 is 9.47 Å². The molecule has 1 rings (SSSR count). The summed E-state index contributed by atoms with van der Waals surface area (Å²) >= 11 is 3.36. The van der Waals surface area contributed by atoms with E-state index in [1.807, 2.05) is 6.92 Å². The first-order valence-corrected chi connectivity index (χ1v) is 4.73. The lowest BCUT2D eigenvalue weighted by atomic mass is 10.2. The SMILES string of the molecule is CC1(CCBr)OCCCO1. The Morgan fingerprint density at radius 3 is 2.50 bits per heavy atom. The van der Waals surface area contributed by atoms with Crippen LogP contribution in [-0.4, -0.2) is 24.3 Å². The molecule has 0 aromatic carbocycles. The topological polar surface area (TPSA) is 18.5 Å². The largest absolute Gasteiger partial charge is 0.350 e. The van der Waals surface area contributed by atoms with E-state index in [2.05, 4.69) is 15.9 Å². The molecule has 0 aromatic heterocycles. The van der Waals surface area contributed by atoms with Crippen molar-refractivity contribution in [2.24, 2.45) is 0 Å². The first kappa shape index (κ1) is 8.50. The van der Waals surface area contributed by atoms with Gasteiger partial charge in [-0.05, 0) is 13.3 Å². The average Bonchev–Trinajstić information content (AvgIpc) is 1.89. The molecule has 2 nitrogen and oxygen atoms in total. The second-order valence-electron chi connectivity index (χ2n) is 2.62. The summed E-state index contributed by atoms with van der Waals surface area (Å²) in [5.41, 5.74) is 0. The number of hydrogen-bond donors (Lipinski definition) is 0. The molecule has 0 radical (unpaired) electrons. The predicted octanol–water partition coefficient (Wildman–Crippen LogP) is 1.92. The molecule has 0 atom stereocenters. The van der Waals surface area contributed by atoms with Crippen LogP contribution in [-0.2, 0) is 9.47 Å². The lowest BCUT2D eigenvalue weighted by molar-refractivity contribution is -0.256. The monoisotopic (exact) mass is 208 g/mol. The Balaban J connectivity index is 2.32. The average molecular weight is 209 g/mol. The van der Waals surface area contributed by atoms with E-state index < -0.39 is 0 Å². The Hall–Kier alpha value is 0.400. The van der Waals surface area contributed by atoms with Gasteiger partial charge in [0.25, 0.3) is 0 Å². The second kappa shape index (κ2) is 3.69. The summed E-state index contributed by atoms with van der Waals surface area (Å²) in [7, 11) is 0. The van der Waals surface area contributed by atoms with E-state index in [1.165, 1.54) is 0 Å². The van der Waals surface area contributed by atoms with Crippen LogP contribution in [0.25, 0.3) is 0 Å². The van der Waals surface area contributed by atoms with Crippen molar-refractivity contribution in [3.05, 3.63) is 0 Å². The van der Waals surface area contributed by atoms with E-state index in [4.69, 9.17) is 9.47 Å². The molecule has 0 bridgehead atoms. The first-order chi connectivity index (χ1) is 4.77. The molecule has 1 fully saturated rings. The smallest absolute Gasteiger partial charge is 0.166 e. The summed E-state index contributed by atoms with van der Waals surface area (Å²) in [6.45, 7) is 3.67. The van der Waals surface area contributed by atoms with Gasteiger partial charge in [0.05, 0.1) is 13.2 Å². The van der Waals surface area contributed by atoms with Gasteiger partial charge in [-0.15, -0.1) is 0 Å². The van der Waals surface area contributed by atoms with Crippen LogP contribution >= 0.6 is 15.9 Å². The van der Waals surface area contributed by atoms with Gasteiger partial charge in [0.2, 0.25) is 0 Å². The van der Waals surface area contributed by atoms with Crippen molar-refractivity contribution in [1.29, 1.82) is 0 Å². The summed E-state index contributed by atoms with van der Waals surface area (Å²) in [4.78, 5) is 0. The molecule has 0 unspecified atom stereocenters. The standard InChI is InChI=1S/C7H13BrO2/c1-7(3-4-8)9-5-2-6-10-7/h2-6H2,1H3. The van der Waals surface area contributed by atoms with E-state index in [9.17, 15) is 0 Å². The van der Waals surface area contributed by atoms with Gasteiger partial charge in [0.1, 0.15) is 0 Å². The molecule has 0 spiro atoms. The molecule has 0 saturated carbocycles. The van der Waals surface area contributed by atoms with Gasteiger partial charge in [-0.3, -0.25) is 0 Å². The van der Waals surface area contributed by atoms with Crippen LogP contribution in [0.5, 0.6) is 0 Å². The maximum absolute atomic E-state index is 5.45. The number of halogens is 1. The Morgan fingerprint density at radius 1 is 1.40 bits per heavy atom. The first-order valence-electron chi connectivity index (χ1n) is 3.61. The number of ether oxygens (including phenoxy) is 2. The Kier molecular flexibility index (Phi) is 3.14. The fourth-order valence-electron chi connectivity index (χ4n) is 0.993. The minimum Gasteiger partial charge on any atom is -0.350 e. The lowest BCUT2D eigenvalue weighted by Crippen LogP contribution is -2.37. The van der Waals surface area contributed by atoms with Gasteiger partial charge in [0, 0.05) is 11.8 Å². The molecule has 1 aliphatic heterocycles. The van der Waals surface area contributed by atoms with Crippen molar-refractivity contribution in [1.82, 2.24) is 0 Å². The van der Waals surface area contributed by atoms with Crippen molar-refractivity contribution < 1.29 is 9.47 Å². The normalized spacial score (nSPS) is 24.6. The van der Waals surface area contributed by atoms with E-state index in [0.717, 1.165) is 31.4 Å². The summed E-state index contributed by atoms with van der Waals surface area (Å²) in [6.07, 6.45) is 1.95. The van der Waals surface area contributed by atoms with Crippen LogP contribution in [0.3, 0.4) is 0 Å². The minimum atomic E-state index is -0.318. The summed E-state index contributed by atoms with van der Waals surface area (Å²) in [5.74, 6) is -0.318. The summed E-state index contributed by atoms with van der Waals surface area (Å²) < 4.78 is 10.9. The molecule has 0 aliphatic carbocycles. The predicted molar refractivity (Wildman–Crippen MR) is 43.3 cm³/mol. The highest BCUT2D eigenvalue weighted by Crippen LogP contribution is 2.22. The summed E-state index contributed by atoms with van der Waals surface area (Å²) in [6, 6.07) is 0. The maximum Gasteiger partial charge on any atom is 0.166 e. The highest BCUT2D eigenvalue weighted by atomic mass is 79.9. The van der Waals surface area contributed by atoms with Crippen molar-refractivity contribution in [2.75, 3.05) is 18.5 Å². The summed E-state index contributed by atoms with van der Waals surface area (Å²) in [5, 5.41) is 0.934. The van der Waals surface area contributed by atoms with Crippen LogP contribution in [0.1, 0.15) is 19.8 Å². The van der Waals surface area contributed by atoms with E-state index >= 15 is 0 Å². The van der Waals surface area contributed by atoms with Crippen molar-refractivity contribution in [3.63, 3.8) is 0 Å². The number of hydrogen-bond acceptors (Lipinski definition) is 2. The maximum atomic E-state index is 5.45. The van der Waals surface area contributed by atoms with E-state index in [-0.39, 0.29) is 5.79 Å². The van der Waals surface area contributed by atoms with Gasteiger partial charge in [0.15, 0.2) is 5.79 Å². The number of alkyl halides is 1. The zero-order valence-electron chi connectivity index (χ0n) is 6.23. The molecule has 1 aliphatic rings. The van der Waals surface area contributed by atoms with Crippen LogP contribution < -0.4 is 0 Å². The van der Waals surface area contributed by atoms with Crippen LogP contribution in [0.2, 0.25) is 0 Å². The van der Waals surface area contributed by atoms with Gasteiger partial charge in [-0.25, -0.2) is 0 Å². The van der Waals surface area contributed by atoms with Crippen LogP contribution in [0.4, 0.5) is 0 Å². The molecular formula is C7H13BrO2. The van der Waals surface area contributed by atoms with E-state index in [0.29, 0.717) is 0 Å². The van der Waals surface area contributed by atoms with Gasteiger partial charge >= 0.3 is 0 Å². The van der Waals surface area contributed by atoms with Crippen molar-refractivity contribution in [2.45, 2.75) is 25.6 Å².